The van der Waals surface area contributed by atoms with Gasteiger partial charge in [0.1, 0.15) is 5.82 Å². The predicted octanol–water partition coefficient (Wildman–Crippen LogP) is 2.21. The van der Waals surface area contributed by atoms with Crippen molar-refractivity contribution in [3.63, 3.8) is 0 Å². The molecule has 6 heteroatoms. The van der Waals surface area contributed by atoms with Gasteiger partial charge in [-0.2, -0.15) is 0 Å². The van der Waals surface area contributed by atoms with Crippen molar-refractivity contribution in [3.05, 3.63) is 41.8 Å². The van der Waals surface area contributed by atoms with Crippen LogP contribution in [0.5, 0.6) is 0 Å². The van der Waals surface area contributed by atoms with Crippen LogP contribution >= 0.6 is 0 Å². The Morgan fingerprint density at radius 1 is 1.46 bits per heavy atom. The van der Waals surface area contributed by atoms with E-state index in [4.69, 9.17) is 4.74 Å². The SMILES string of the molecule is COCCN1CCC[C@H](NC(=O)c2cnc3ccc(F)cc3c2)C1. The zero-order chi connectivity index (χ0) is 16.9. The lowest BCUT2D eigenvalue weighted by molar-refractivity contribution is 0.0878. The van der Waals surface area contributed by atoms with Gasteiger partial charge in [-0.15, -0.1) is 0 Å². The summed E-state index contributed by atoms with van der Waals surface area (Å²) in [7, 11) is 1.69. The van der Waals surface area contributed by atoms with Gasteiger partial charge in [0.2, 0.25) is 0 Å². The molecule has 1 saturated heterocycles. The van der Waals surface area contributed by atoms with E-state index in [2.05, 4.69) is 15.2 Å². The van der Waals surface area contributed by atoms with Crippen LogP contribution in [0, 0.1) is 5.82 Å². The van der Waals surface area contributed by atoms with Gasteiger partial charge < -0.3 is 10.1 Å². The Morgan fingerprint density at radius 3 is 3.17 bits per heavy atom. The van der Waals surface area contributed by atoms with Gasteiger partial charge in [0, 0.05) is 37.8 Å². The maximum absolute atomic E-state index is 13.3. The highest BCUT2D eigenvalue weighted by atomic mass is 19.1. The lowest BCUT2D eigenvalue weighted by atomic mass is 10.0. The second-order valence-corrected chi connectivity index (χ2v) is 6.17. The second-order valence-electron chi connectivity index (χ2n) is 6.17. The number of fused-ring (bicyclic) bond motifs is 1. The summed E-state index contributed by atoms with van der Waals surface area (Å²) < 4.78 is 18.5. The molecule has 1 aromatic carbocycles. The number of amides is 1. The molecular weight excluding hydrogens is 309 g/mol. The van der Waals surface area contributed by atoms with Crippen LogP contribution in [-0.2, 0) is 4.74 Å². The fourth-order valence-electron chi connectivity index (χ4n) is 3.09. The Morgan fingerprint density at radius 2 is 2.33 bits per heavy atom. The number of hydrogen-bond donors (Lipinski definition) is 1. The van der Waals surface area contributed by atoms with E-state index in [-0.39, 0.29) is 17.8 Å². The summed E-state index contributed by atoms with van der Waals surface area (Å²) >= 11 is 0. The number of hydrogen-bond acceptors (Lipinski definition) is 4. The zero-order valence-corrected chi connectivity index (χ0v) is 13.8. The molecule has 0 aliphatic carbocycles. The molecule has 1 aromatic heterocycles. The number of halogens is 1. The van der Waals surface area contributed by atoms with E-state index in [1.807, 2.05) is 0 Å². The third-order valence-electron chi connectivity index (χ3n) is 4.36. The number of nitrogens with one attached hydrogen (secondary N) is 1. The number of carbonyl (C=O) groups excluding carboxylic acids is 1. The van der Waals surface area contributed by atoms with Gasteiger partial charge in [-0.05, 0) is 43.7 Å². The number of pyridine rings is 1. The van der Waals surface area contributed by atoms with E-state index >= 15 is 0 Å². The fraction of sp³-hybridized carbons (Fsp3) is 0.444. The molecule has 1 N–H and O–H groups in total. The topological polar surface area (TPSA) is 54.5 Å². The van der Waals surface area contributed by atoms with E-state index in [0.717, 1.165) is 32.5 Å². The van der Waals surface area contributed by atoms with Gasteiger partial charge in [0.05, 0.1) is 17.7 Å². The standard InChI is InChI=1S/C18H22FN3O2/c1-24-8-7-22-6-2-3-16(12-22)21-18(23)14-9-13-10-15(19)4-5-17(13)20-11-14/h4-5,9-11,16H,2-3,6-8,12H2,1H3,(H,21,23)/t16-/m0/s1. The lowest BCUT2D eigenvalue weighted by Gasteiger charge is -2.32. The predicted molar refractivity (Wildman–Crippen MR) is 90.5 cm³/mol. The number of carbonyl (C=O) groups is 1. The first-order chi connectivity index (χ1) is 11.7. The maximum atomic E-state index is 13.3. The molecule has 1 fully saturated rings. The molecular formula is C18H22FN3O2. The van der Waals surface area contributed by atoms with Crippen LogP contribution in [0.2, 0.25) is 0 Å². The number of piperidine rings is 1. The highest BCUT2D eigenvalue weighted by molar-refractivity contribution is 5.97. The summed E-state index contributed by atoms with van der Waals surface area (Å²) in [5.74, 6) is -0.491. The van der Waals surface area contributed by atoms with Gasteiger partial charge in [0.25, 0.3) is 5.91 Å². The molecule has 5 nitrogen and oxygen atoms in total. The molecule has 0 bridgehead atoms. The van der Waals surface area contributed by atoms with E-state index in [9.17, 15) is 9.18 Å². The Kier molecular flexibility index (Phi) is 5.37. The summed E-state index contributed by atoms with van der Waals surface area (Å²) in [5, 5.41) is 3.70. The van der Waals surface area contributed by atoms with Gasteiger partial charge in [-0.25, -0.2) is 4.39 Å². The first-order valence-corrected chi connectivity index (χ1v) is 8.23. The first-order valence-electron chi connectivity index (χ1n) is 8.23. The van der Waals surface area contributed by atoms with Crippen molar-refractivity contribution in [1.82, 2.24) is 15.2 Å². The van der Waals surface area contributed by atoms with Crippen molar-refractivity contribution < 1.29 is 13.9 Å². The van der Waals surface area contributed by atoms with Gasteiger partial charge >= 0.3 is 0 Å². The molecule has 24 heavy (non-hydrogen) atoms. The summed E-state index contributed by atoms with van der Waals surface area (Å²) in [6.07, 6.45) is 3.56. The monoisotopic (exact) mass is 331 g/mol. The number of methoxy groups -OCH3 is 1. The number of aromatic nitrogens is 1. The second kappa shape index (κ2) is 7.68. The van der Waals surface area contributed by atoms with Crippen molar-refractivity contribution in [2.75, 3.05) is 33.4 Å². The molecule has 0 unspecified atom stereocenters. The molecule has 1 aliphatic heterocycles. The minimum Gasteiger partial charge on any atom is -0.383 e. The van der Waals surface area contributed by atoms with E-state index in [1.165, 1.54) is 12.1 Å². The molecule has 1 atom stereocenters. The van der Waals surface area contributed by atoms with Gasteiger partial charge in [-0.1, -0.05) is 0 Å². The van der Waals surface area contributed by atoms with Crippen LogP contribution in [0.15, 0.2) is 30.5 Å². The lowest BCUT2D eigenvalue weighted by Crippen LogP contribution is -2.48. The molecule has 3 rings (SSSR count). The summed E-state index contributed by atoms with van der Waals surface area (Å²) in [6, 6.07) is 6.18. The number of rotatable bonds is 5. The summed E-state index contributed by atoms with van der Waals surface area (Å²) in [6.45, 7) is 3.43. The van der Waals surface area contributed by atoms with Crippen LogP contribution in [-0.4, -0.2) is 55.2 Å². The van der Waals surface area contributed by atoms with Crippen LogP contribution in [0.4, 0.5) is 4.39 Å². The molecule has 2 aromatic rings. The Balaban J connectivity index is 1.66. The summed E-state index contributed by atoms with van der Waals surface area (Å²) in [4.78, 5) is 19.0. The highest BCUT2D eigenvalue weighted by Gasteiger charge is 2.21. The normalized spacial score (nSPS) is 18.7. The quantitative estimate of drug-likeness (QED) is 0.913. The Bertz CT molecular complexity index is 722. The number of benzene rings is 1. The largest absolute Gasteiger partial charge is 0.383 e. The minimum absolute atomic E-state index is 0.117. The van der Waals surface area contributed by atoms with Crippen LogP contribution in [0.1, 0.15) is 23.2 Å². The van der Waals surface area contributed by atoms with Gasteiger partial charge in [0.15, 0.2) is 0 Å². The summed E-state index contributed by atoms with van der Waals surface area (Å²) in [5.41, 5.74) is 1.14. The molecule has 1 aliphatic rings. The average molecular weight is 331 g/mol. The number of ether oxygens (including phenoxy) is 1. The van der Waals surface area contributed by atoms with Crippen molar-refractivity contribution in [2.45, 2.75) is 18.9 Å². The van der Waals surface area contributed by atoms with Crippen molar-refractivity contribution in [3.8, 4) is 0 Å². The van der Waals surface area contributed by atoms with Crippen molar-refractivity contribution in [1.29, 1.82) is 0 Å². The number of likely N-dealkylation sites (tertiary alicyclic amines) is 1. The van der Waals surface area contributed by atoms with Crippen molar-refractivity contribution >= 4 is 16.8 Å². The molecule has 0 radical (unpaired) electrons. The molecule has 1 amide bonds. The Labute approximate surface area is 140 Å². The highest BCUT2D eigenvalue weighted by Crippen LogP contribution is 2.16. The minimum atomic E-state index is -0.331. The van der Waals surface area contributed by atoms with Crippen LogP contribution in [0.3, 0.4) is 0 Å². The van der Waals surface area contributed by atoms with Crippen LogP contribution in [0.25, 0.3) is 10.9 Å². The van der Waals surface area contributed by atoms with E-state index < -0.39 is 0 Å². The third-order valence-corrected chi connectivity index (χ3v) is 4.36. The average Bonchev–Trinajstić information content (AvgIpc) is 2.59. The Hall–Kier alpha value is -2.05. The van der Waals surface area contributed by atoms with Crippen LogP contribution < -0.4 is 5.32 Å². The van der Waals surface area contributed by atoms with E-state index in [0.29, 0.717) is 23.1 Å². The molecule has 128 valence electrons. The van der Waals surface area contributed by atoms with E-state index in [1.54, 1.807) is 25.4 Å². The fourth-order valence-corrected chi connectivity index (χ4v) is 3.09. The maximum Gasteiger partial charge on any atom is 0.253 e. The number of nitrogens with zero attached hydrogens (tertiary/aromatic N) is 2. The molecule has 0 spiro atoms. The zero-order valence-electron chi connectivity index (χ0n) is 13.8. The molecule has 0 saturated carbocycles. The third kappa shape index (κ3) is 4.07. The van der Waals surface area contributed by atoms with Gasteiger partial charge in [-0.3, -0.25) is 14.7 Å². The molecule has 2 heterocycles. The first kappa shape index (κ1) is 16.8. The smallest absolute Gasteiger partial charge is 0.253 e. The van der Waals surface area contributed by atoms with Crippen molar-refractivity contribution in [2.24, 2.45) is 0 Å².